The number of rotatable bonds is 4. The van der Waals surface area contributed by atoms with Gasteiger partial charge in [-0.1, -0.05) is 30.3 Å². The molecule has 0 aliphatic carbocycles. The average molecular weight is 272 g/mol. The number of hydrogen-bond donors (Lipinski definition) is 2. The van der Waals surface area contributed by atoms with Crippen molar-refractivity contribution in [3.05, 3.63) is 59.2 Å². The standard InChI is InChI=1S/C15H12O5/c1-20-11-8-7-10(12(14(11)17)15(18)19)13(16)9-5-3-2-4-6-9/h2-8,17H,1H3,(H,18,19). The van der Waals surface area contributed by atoms with E-state index >= 15 is 0 Å². The van der Waals surface area contributed by atoms with E-state index in [1.807, 2.05) is 0 Å². The molecule has 5 nitrogen and oxygen atoms in total. The Hall–Kier alpha value is -2.82. The van der Waals surface area contributed by atoms with Crippen molar-refractivity contribution in [1.29, 1.82) is 0 Å². The second kappa shape index (κ2) is 5.44. The van der Waals surface area contributed by atoms with Gasteiger partial charge in [-0.05, 0) is 12.1 Å². The van der Waals surface area contributed by atoms with Gasteiger partial charge in [0, 0.05) is 11.1 Å². The van der Waals surface area contributed by atoms with Crippen LogP contribution in [0.25, 0.3) is 0 Å². The van der Waals surface area contributed by atoms with E-state index in [9.17, 15) is 19.8 Å². The maximum Gasteiger partial charge on any atom is 0.340 e. The average Bonchev–Trinajstić information content (AvgIpc) is 2.46. The molecule has 0 bridgehead atoms. The van der Waals surface area contributed by atoms with Gasteiger partial charge in [0.05, 0.1) is 7.11 Å². The van der Waals surface area contributed by atoms with E-state index in [-0.39, 0.29) is 11.3 Å². The van der Waals surface area contributed by atoms with Gasteiger partial charge >= 0.3 is 5.97 Å². The summed E-state index contributed by atoms with van der Waals surface area (Å²) in [6.07, 6.45) is 0. The number of carbonyl (C=O) groups excluding carboxylic acids is 1. The molecule has 0 aliphatic rings. The Bertz CT molecular complexity index is 661. The predicted molar refractivity (Wildman–Crippen MR) is 71.5 cm³/mol. The topological polar surface area (TPSA) is 83.8 Å². The molecule has 0 aromatic heterocycles. The molecule has 2 rings (SSSR count). The number of aromatic carboxylic acids is 1. The van der Waals surface area contributed by atoms with Crippen molar-refractivity contribution in [2.75, 3.05) is 7.11 Å². The molecule has 2 N–H and O–H groups in total. The van der Waals surface area contributed by atoms with Crippen LogP contribution in [-0.4, -0.2) is 29.1 Å². The first kappa shape index (κ1) is 13.6. The first-order chi connectivity index (χ1) is 9.56. The van der Waals surface area contributed by atoms with Crippen molar-refractivity contribution in [1.82, 2.24) is 0 Å². The summed E-state index contributed by atoms with van der Waals surface area (Å²) < 4.78 is 4.85. The van der Waals surface area contributed by atoms with Gasteiger partial charge in [0.15, 0.2) is 17.3 Å². The Labute approximate surface area is 115 Å². The predicted octanol–water partition coefficient (Wildman–Crippen LogP) is 2.33. The summed E-state index contributed by atoms with van der Waals surface area (Å²) in [6, 6.07) is 11.0. The van der Waals surface area contributed by atoms with Gasteiger partial charge in [0.25, 0.3) is 0 Å². The van der Waals surface area contributed by atoms with Gasteiger partial charge in [-0.2, -0.15) is 0 Å². The number of ketones is 1. The molecule has 0 aliphatic heterocycles. The van der Waals surface area contributed by atoms with E-state index in [0.717, 1.165) is 0 Å². The zero-order valence-electron chi connectivity index (χ0n) is 10.7. The van der Waals surface area contributed by atoms with Crippen LogP contribution in [0.5, 0.6) is 11.5 Å². The number of methoxy groups -OCH3 is 1. The van der Waals surface area contributed by atoms with Crippen molar-refractivity contribution >= 4 is 11.8 Å². The molecule has 0 fully saturated rings. The minimum absolute atomic E-state index is 0.00649. The smallest absolute Gasteiger partial charge is 0.340 e. The number of benzene rings is 2. The molecular formula is C15H12O5. The van der Waals surface area contributed by atoms with E-state index in [1.165, 1.54) is 19.2 Å². The quantitative estimate of drug-likeness (QED) is 0.834. The lowest BCUT2D eigenvalue weighted by Crippen LogP contribution is -2.10. The molecule has 0 saturated heterocycles. The lowest BCUT2D eigenvalue weighted by molar-refractivity contribution is 0.0688. The van der Waals surface area contributed by atoms with Crippen molar-refractivity contribution < 1.29 is 24.5 Å². The maximum absolute atomic E-state index is 12.3. The van der Waals surface area contributed by atoms with Crippen LogP contribution < -0.4 is 4.74 Å². The molecule has 102 valence electrons. The lowest BCUT2D eigenvalue weighted by Gasteiger charge is -2.10. The molecular weight excluding hydrogens is 260 g/mol. The molecule has 2 aromatic carbocycles. The fourth-order valence-electron chi connectivity index (χ4n) is 1.89. The molecule has 2 aromatic rings. The Balaban J connectivity index is 2.60. The summed E-state index contributed by atoms with van der Waals surface area (Å²) in [5.74, 6) is -2.41. The van der Waals surface area contributed by atoms with E-state index < -0.39 is 23.1 Å². The van der Waals surface area contributed by atoms with Crippen molar-refractivity contribution in [3.63, 3.8) is 0 Å². The van der Waals surface area contributed by atoms with Crippen LogP contribution in [0, 0.1) is 0 Å². The SMILES string of the molecule is COc1ccc(C(=O)c2ccccc2)c(C(=O)O)c1O. The second-order valence-corrected chi connectivity index (χ2v) is 4.04. The molecule has 0 amide bonds. The van der Waals surface area contributed by atoms with Crippen molar-refractivity contribution in [2.45, 2.75) is 0 Å². The number of hydrogen-bond acceptors (Lipinski definition) is 4. The van der Waals surface area contributed by atoms with E-state index in [2.05, 4.69) is 0 Å². The van der Waals surface area contributed by atoms with Crippen LogP contribution in [0.4, 0.5) is 0 Å². The number of aromatic hydroxyl groups is 1. The Kier molecular flexibility index (Phi) is 3.70. The minimum Gasteiger partial charge on any atom is -0.504 e. The van der Waals surface area contributed by atoms with Crippen molar-refractivity contribution in [3.8, 4) is 11.5 Å². The second-order valence-electron chi connectivity index (χ2n) is 4.04. The molecule has 0 atom stereocenters. The highest BCUT2D eigenvalue weighted by atomic mass is 16.5. The number of carboxylic acid groups (broad SMARTS) is 1. The molecule has 0 saturated carbocycles. The number of carbonyl (C=O) groups is 2. The fourth-order valence-corrected chi connectivity index (χ4v) is 1.89. The van der Waals surface area contributed by atoms with Gasteiger partial charge in [-0.25, -0.2) is 4.79 Å². The third kappa shape index (κ3) is 2.33. The van der Waals surface area contributed by atoms with E-state index in [4.69, 9.17) is 4.74 Å². The summed E-state index contributed by atoms with van der Waals surface area (Å²) in [5, 5.41) is 19.1. The zero-order valence-corrected chi connectivity index (χ0v) is 10.7. The monoisotopic (exact) mass is 272 g/mol. The number of carboxylic acids is 1. The summed E-state index contributed by atoms with van der Waals surface area (Å²) in [6.45, 7) is 0. The zero-order chi connectivity index (χ0) is 14.7. The van der Waals surface area contributed by atoms with Crippen LogP contribution in [0.1, 0.15) is 26.3 Å². The molecule has 0 unspecified atom stereocenters. The van der Waals surface area contributed by atoms with Crippen molar-refractivity contribution in [2.24, 2.45) is 0 Å². The third-order valence-electron chi connectivity index (χ3n) is 2.86. The van der Waals surface area contributed by atoms with Gasteiger partial charge in [-0.3, -0.25) is 4.79 Å². The summed E-state index contributed by atoms with van der Waals surface area (Å²) >= 11 is 0. The van der Waals surface area contributed by atoms with Crippen LogP contribution in [0.3, 0.4) is 0 Å². The van der Waals surface area contributed by atoms with E-state index in [1.54, 1.807) is 30.3 Å². The molecule has 0 heterocycles. The number of ether oxygens (including phenoxy) is 1. The maximum atomic E-state index is 12.3. The Morgan fingerprint density at radius 2 is 1.70 bits per heavy atom. The van der Waals surface area contributed by atoms with Crippen LogP contribution >= 0.6 is 0 Å². The molecule has 0 spiro atoms. The molecule has 20 heavy (non-hydrogen) atoms. The summed E-state index contributed by atoms with van der Waals surface area (Å²) in [4.78, 5) is 23.6. The minimum atomic E-state index is -1.39. The van der Waals surface area contributed by atoms with Gasteiger partial charge in [0.2, 0.25) is 0 Å². The number of phenols is 1. The highest BCUT2D eigenvalue weighted by Crippen LogP contribution is 2.33. The fraction of sp³-hybridized carbons (Fsp3) is 0.0667. The first-order valence-electron chi connectivity index (χ1n) is 5.79. The van der Waals surface area contributed by atoms with Crippen LogP contribution in [-0.2, 0) is 0 Å². The Morgan fingerprint density at radius 1 is 1.05 bits per heavy atom. The Morgan fingerprint density at radius 3 is 2.25 bits per heavy atom. The first-order valence-corrected chi connectivity index (χ1v) is 5.79. The summed E-state index contributed by atoms with van der Waals surface area (Å²) in [5.41, 5.74) is -0.195. The van der Waals surface area contributed by atoms with Gasteiger partial charge in [0.1, 0.15) is 5.56 Å². The highest BCUT2D eigenvalue weighted by molar-refractivity contribution is 6.15. The highest BCUT2D eigenvalue weighted by Gasteiger charge is 2.24. The summed E-state index contributed by atoms with van der Waals surface area (Å²) in [7, 11) is 1.30. The van der Waals surface area contributed by atoms with Crippen LogP contribution in [0.2, 0.25) is 0 Å². The van der Waals surface area contributed by atoms with Crippen LogP contribution in [0.15, 0.2) is 42.5 Å². The largest absolute Gasteiger partial charge is 0.504 e. The van der Waals surface area contributed by atoms with E-state index in [0.29, 0.717) is 5.56 Å². The lowest BCUT2D eigenvalue weighted by atomic mass is 9.97. The van der Waals surface area contributed by atoms with Gasteiger partial charge in [-0.15, -0.1) is 0 Å². The normalized spacial score (nSPS) is 10.1. The molecule has 5 heteroatoms. The van der Waals surface area contributed by atoms with Gasteiger partial charge < -0.3 is 14.9 Å². The third-order valence-corrected chi connectivity index (χ3v) is 2.86. The molecule has 0 radical (unpaired) electrons.